The second-order valence-electron chi connectivity index (χ2n) is 5.93. The van der Waals surface area contributed by atoms with Gasteiger partial charge in [0.15, 0.2) is 0 Å². The number of carbonyl (C=O) groups is 2. The number of aliphatic carboxylic acids is 1. The van der Waals surface area contributed by atoms with Gasteiger partial charge >= 0.3 is 5.97 Å². The number of nitrogens with zero attached hydrogens (tertiary/aromatic N) is 1. The maximum atomic E-state index is 12.4. The van der Waals surface area contributed by atoms with E-state index in [1.165, 1.54) is 0 Å². The number of hydrogen-bond donors (Lipinski definition) is 2. The van der Waals surface area contributed by atoms with Gasteiger partial charge in [-0.15, -0.1) is 0 Å². The van der Waals surface area contributed by atoms with E-state index in [-0.39, 0.29) is 18.5 Å². The molecule has 22 heavy (non-hydrogen) atoms. The summed E-state index contributed by atoms with van der Waals surface area (Å²) >= 11 is 0. The molecule has 0 radical (unpaired) electrons. The lowest BCUT2D eigenvalue weighted by atomic mass is 10.1. The van der Waals surface area contributed by atoms with Gasteiger partial charge in [0.05, 0.1) is 6.54 Å². The number of carboxylic acids is 1. The monoisotopic (exact) mass is 304 g/mol. The Bertz CT molecular complexity index is 567. The summed E-state index contributed by atoms with van der Waals surface area (Å²) in [5.41, 5.74) is 2.98. The molecule has 0 spiro atoms. The van der Waals surface area contributed by atoms with Crippen molar-refractivity contribution >= 4 is 17.6 Å². The summed E-state index contributed by atoms with van der Waals surface area (Å²) in [6.07, 6.45) is 2.78. The summed E-state index contributed by atoms with van der Waals surface area (Å²) in [4.78, 5) is 25.3. The molecule has 2 N–H and O–H groups in total. The highest BCUT2D eigenvalue weighted by Gasteiger charge is 2.36. The third-order valence-corrected chi connectivity index (χ3v) is 4.20. The molecular formula is C17H24N2O3. The van der Waals surface area contributed by atoms with Crippen molar-refractivity contribution in [1.82, 2.24) is 4.90 Å². The minimum absolute atomic E-state index is 0.121. The van der Waals surface area contributed by atoms with Gasteiger partial charge in [-0.25, -0.2) is 0 Å². The quantitative estimate of drug-likeness (QED) is 0.812. The molecule has 5 heteroatoms. The van der Waals surface area contributed by atoms with Crippen molar-refractivity contribution in [2.45, 2.75) is 52.1 Å². The number of anilines is 1. The van der Waals surface area contributed by atoms with E-state index in [4.69, 9.17) is 0 Å². The molecule has 1 aliphatic carbocycles. The van der Waals surface area contributed by atoms with E-state index in [0.717, 1.165) is 36.1 Å². The highest BCUT2D eigenvalue weighted by Crippen LogP contribution is 2.29. The van der Waals surface area contributed by atoms with Crippen LogP contribution in [0.15, 0.2) is 18.2 Å². The van der Waals surface area contributed by atoms with E-state index in [9.17, 15) is 14.7 Å². The van der Waals surface area contributed by atoms with Crippen LogP contribution in [0.4, 0.5) is 5.69 Å². The van der Waals surface area contributed by atoms with Crippen LogP contribution in [0.5, 0.6) is 0 Å². The summed E-state index contributed by atoms with van der Waals surface area (Å²) in [5.74, 6) is -1.03. The van der Waals surface area contributed by atoms with Gasteiger partial charge in [0.25, 0.3) is 0 Å². The van der Waals surface area contributed by atoms with E-state index >= 15 is 0 Å². The Morgan fingerprint density at radius 2 is 2.09 bits per heavy atom. The van der Waals surface area contributed by atoms with Gasteiger partial charge in [-0.3, -0.25) is 14.5 Å². The van der Waals surface area contributed by atoms with Crippen LogP contribution in [0.25, 0.3) is 0 Å². The zero-order chi connectivity index (χ0) is 16.3. The molecule has 1 unspecified atom stereocenters. The van der Waals surface area contributed by atoms with Crippen LogP contribution in [-0.2, 0) is 16.0 Å². The Kier molecular flexibility index (Phi) is 5.19. The van der Waals surface area contributed by atoms with Crippen LogP contribution < -0.4 is 5.32 Å². The molecule has 0 bridgehead atoms. The number of carboxylic acid groups (broad SMARTS) is 1. The Labute approximate surface area is 131 Å². The third-order valence-electron chi connectivity index (χ3n) is 4.20. The van der Waals surface area contributed by atoms with Crippen molar-refractivity contribution in [1.29, 1.82) is 0 Å². The van der Waals surface area contributed by atoms with Gasteiger partial charge in [0, 0.05) is 11.7 Å². The number of benzene rings is 1. The lowest BCUT2D eigenvalue weighted by Crippen LogP contribution is -2.44. The van der Waals surface area contributed by atoms with Gasteiger partial charge in [-0.1, -0.05) is 25.1 Å². The number of rotatable bonds is 7. The molecule has 5 nitrogen and oxygen atoms in total. The highest BCUT2D eigenvalue weighted by molar-refractivity contribution is 5.94. The predicted molar refractivity (Wildman–Crippen MR) is 86.0 cm³/mol. The van der Waals surface area contributed by atoms with Crippen LogP contribution in [0, 0.1) is 6.92 Å². The van der Waals surface area contributed by atoms with Crippen LogP contribution in [-0.4, -0.2) is 40.5 Å². The molecule has 1 aromatic carbocycles. The SMILES string of the molecule is CCc1cccc(C)c1NC(=O)CN(C1CC1)C(C)C(=O)O. The minimum atomic E-state index is -0.884. The molecule has 0 saturated heterocycles. The standard InChI is InChI=1S/C17H24N2O3/c1-4-13-7-5-6-11(2)16(13)18-15(20)10-19(14-8-9-14)12(3)17(21)22/h5-7,12,14H,4,8-10H2,1-3H3,(H,18,20)(H,21,22). The molecule has 1 amide bonds. The average molecular weight is 304 g/mol. The smallest absolute Gasteiger partial charge is 0.320 e. The number of amides is 1. The molecule has 0 aliphatic heterocycles. The fourth-order valence-electron chi connectivity index (χ4n) is 2.68. The van der Waals surface area contributed by atoms with E-state index < -0.39 is 12.0 Å². The summed E-state index contributed by atoms with van der Waals surface area (Å²) < 4.78 is 0. The zero-order valence-electron chi connectivity index (χ0n) is 13.4. The summed E-state index contributed by atoms with van der Waals surface area (Å²) in [7, 11) is 0. The van der Waals surface area contributed by atoms with Gasteiger partial charge < -0.3 is 10.4 Å². The van der Waals surface area contributed by atoms with Crippen molar-refractivity contribution < 1.29 is 14.7 Å². The van der Waals surface area contributed by atoms with E-state index in [0.29, 0.717) is 0 Å². The Morgan fingerprint density at radius 1 is 1.41 bits per heavy atom. The zero-order valence-corrected chi connectivity index (χ0v) is 13.4. The second kappa shape index (κ2) is 6.92. The molecule has 0 heterocycles. The molecule has 1 atom stereocenters. The van der Waals surface area contributed by atoms with E-state index in [1.807, 2.05) is 32.0 Å². The van der Waals surface area contributed by atoms with Crippen molar-refractivity contribution in [3.63, 3.8) is 0 Å². The van der Waals surface area contributed by atoms with E-state index in [2.05, 4.69) is 5.32 Å². The third kappa shape index (κ3) is 3.85. The molecule has 1 aliphatic rings. The maximum Gasteiger partial charge on any atom is 0.320 e. The van der Waals surface area contributed by atoms with Gasteiger partial charge in [-0.2, -0.15) is 0 Å². The van der Waals surface area contributed by atoms with Crippen LogP contribution >= 0.6 is 0 Å². The first-order valence-corrected chi connectivity index (χ1v) is 7.81. The Balaban J connectivity index is 2.07. The average Bonchev–Trinajstić information content (AvgIpc) is 3.30. The number of nitrogens with one attached hydrogen (secondary N) is 1. The summed E-state index contributed by atoms with van der Waals surface area (Å²) in [6.45, 7) is 5.77. The summed E-state index contributed by atoms with van der Waals surface area (Å²) in [6, 6.07) is 5.53. The molecule has 1 aromatic rings. The number of aryl methyl sites for hydroxylation is 2. The van der Waals surface area contributed by atoms with Crippen LogP contribution in [0.3, 0.4) is 0 Å². The minimum Gasteiger partial charge on any atom is -0.480 e. The Morgan fingerprint density at radius 3 is 2.64 bits per heavy atom. The van der Waals surface area contributed by atoms with Gasteiger partial charge in [-0.05, 0) is 44.2 Å². The van der Waals surface area contributed by atoms with Gasteiger partial charge in [0.1, 0.15) is 6.04 Å². The van der Waals surface area contributed by atoms with Crippen molar-refractivity contribution in [3.05, 3.63) is 29.3 Å². The second-order valence-corrected chi connectivity index (χ2v) is 5.93. The van der Waals surface area contributed by atoms with Crippen molar-refractivity contribution in [2.75, 3.05) is 11.9 Å². The fraction of sp³-hybridized carbons (Fsp3) is 0.529. The fourth-order valence-corrected chi connectivity index (χ4v) is 2.68. The van der Waals surface area contributed by atoms with Crippen LogP contribution in [0.1, 0.15) is 37.8 Å². The van der Waals surface area contributed by atoms with E-state index in [1.54, 1.807) is 11.8 Å². The predicted octanol–water partition coefficient (Wildman–Crippen LogP) is 2.43. The first-order chi connectivity index (χ1) is 10.4. The molecule has 1 saturated carbocycles. The molecule has 0 aromatic heterocycles. The highest BCUT2D eigenvalue weighted by atomic mass is 16.4. The van der Waals surface area contributed by atoms with Crippen molar-refractivity contribution in [3.8, 4) is 0 Å². The molecule has 2 rings (SSSR count). The van der Waals surface area contributed by atoms with Gasteiger partial charge in [0.2, 0.25) is 5.91 Å². The maximum absolute atomic E-state index is 12.4. The summed E-state index contributed by atoms with van der Waals surface area (Å²) in [5, 5.41) is 12.1. The molecule has 1 fully saturated rings. The molecular weight excluding hydrogens is 280 g/mol. The number of carbonyl (C=O) groups excluding carboxylic acids is 1. The Hall–Kier alpha value is -1.88. The lowest BCUT2D eigenvalue weighted by Gasteiger charge is -2.25. The van der Waals surface area contributed by atoms with Crippen molar-refractivity contribution in [2.24, 2.45) is 0 Å². The first-order valence-electron chi connectivity index (χ1n) is 7.81. The number of hydrogen-bond acceptors (Lipinski definition) is 3. The largest absolute Gasteiger partial charge is 0.480 e. The lowest BCUT2D eigenvalue weighted by molar-refractivity contribution is -0.143. The molecule has 120 valence electrons. The normalized spacial score (nSPS) is 15.6. The number of para-hydroxylation sites is 1. The van der Waals surface area contributed by atoms with Crippen LogP contribution in [0.2, 0.25) is 0 Å². The first kappa shape index (κ1) is 16.5. The topological polar surface area (TPSA) is 69.6 Å².